The molecule has 0 aromatic heterocycles. The molecular formula is C16H17N3O2. The van der Waals surface area contributed by atoms with Gasteiger partial charge in [0.15, 0.2) is 0 Å². The summed E-state index contributed by atoms with van der Waals surface area (Å²) in [5, 5.41) is 23.3. The summed E-state index contributed by atoms with van der Waals surface area (Å²) in [6.07, 6.45) is 7.03. The number of nitrogens with one attached hydrogen (secondary N) is 1. The van der Waals surface area contributed by atoms with E-state index in [0.717, 1.165) is 0 Å². The molecule has 0 heterocycles. The van der Waals surface area contributed by atoms with E-state index in [2.05, 4.69) is 24.4 Å². The average molecular weight is 283 g/mol. The van der Waals surface area contributed by atoms with Crippen LogP contribution >= 0.6 is 0 Å². The van der Waals surface area contributed by atoms with Gasteiger partial charge in [0.2, 0.25) is 0 Å². The lowest BCUT2D eigenvalue weighted by Crippen LogP contribution is -2.29. The van der Waals surface area contributed by atoms with Gasteiger partial charge in [0.1, 0.15) is 6.07 Å². The van der Waals surface area contributed by atoms with Crippen LogP contribution in [0.25, 0.3) is 0 Å². The lowest BCUT2D eigenvalue weighted by atomic mass is 9.87. The van der Waals surface area contributed by atoms with E-state index >= 15 is 0 Å². The first-order chi connectivity index (χ1) is 10.1. The molecule has 5 heteroatoms. The number of non-ortho nitro benzene ring substituents is 1. The zero-order chi connectivity index (χ0) is 15.0. The van der Waals surface area contributed by atoms with Crippen molar-refractivity contribution in [2.75, 3.05) is 5.32 Å². The summed E-state index contributed by atoms with van der Waals surface area (Å²) in [6.45, 7) is 2.13. The number of allylic oxidation sites excluding steroid dienone is 2. The van der Waals surface area contributed by atoms with E-state index in [1.807, 2.05) is 6.07 Å². The summed E-state index contributed by atoms with van der Waals surface area (Å²) in [7, 11) is 0. The molecule has 4 unspecified atom stereocenters. The molecule has 21 heavy (non-hydrogen) atoms. The summed E-state index contributed by atoms with van der Waals surface area (Å²) < 4.78 is 0. The highest BCUT2D eigenvalue weighted by Gasteiger charge is 2.38. The fraction of sp³-hybridized carbons (Fsp3) is 0.438. The van der Waals surface area contributed by atoms with Gasteiger partial charge in [-0.25, -0.2) is 0 Å². The molecular weight excluding hydrogens is 266 g/mol. The molecule has 1 fully saturated rings. The Hall–Kier alpha value is -2.35. The van der Waals surface area contributed by atoms with E-state index in [1.165, 1.54) is 25.0 Å². The second kappa shape index (κ2) is 5.21. The third-order valence-electron chi connectivity index (χ3n) is 4.69. The number of benzene rings is 1. The number of fused-ring (bicyclic) bond motifs is 2. The van der Waals surface area contributed by atoms with Gasteiger partial charge in [0, 0.05) is 18.2 Å². The van der Waals surface area contributed by atoms with Gasteiger partial charge >= 0.3 is 0 Å². The minimum absolute atomic E-state index is 0.0485. The molecule has 1 saturated carbocycles. The standard InChI is InChI=1S/C16H17N3O2/c1-10(15-7-11-2-3-12(15)6-11)18-16-5-4-14(19(20)21)8-13(16)9-17/h2-5,8,10-12,15,18H,6-7H2,1H3. The molecule has 2 aliphatic rings. The smallest absolute Gasteiger partial charge is 0.270 e. The fourth-order valence-corrected chi connectivity index (χ4v) is 3.61. The highest BCUT2D eigenvalue weighted by Crippen LogP contribution is 2.45. The van der Waals surface area contributed by atoms with E-state index in [0.29, 0.717) is 29.0 Å². The number of anilines is 1. The predicted molar refractivity (Wildman–Crippen MR) is 79.7 cm³/mol. The molecule has 108 valence electrons. The first kappa shape index (κ1) is 13.6. The molecule has 0 radical (unpaired) electrons. The molecule has 3 rings (SSSR count). The number of nitro benzene ring substituents is 1. The van der Waals surface area contributed by atoms with Crippen LogP contribution in [0.1, 0.15) is 25.3 Å². The maximum Gasteiger partial charge on any atom is 0.270 e. The van der Waals surface area contributed by atoms with Crippen LogP contribution in [0.15, 0.2) is 30.4 Å². The third-order valence-corrected chi connectivity index (χ3v) is 4.69. The Morgan fingerprint density at radius 2 is 2.24 bits per heavy atom. The Labute approximate surface area is 123 Å². The molecule has 0 saturated heterocycles. The average Bonchev–Trinajstić information content (AvgIpc) is 3.10. The van der Waals surface area contributed by atoms with Crippen LogP contribution in [-0.2, 0) is 0 Å². The van der Waals surface area contributed by atoms with E-state index in [1.54, 1.807) is 6.07 Å². The third kappa shape index (κ3) is 2.49. The van der Waals surface area contributed by atoms with E-state index < -0.39 is 4.92 Å². The van der Waals surface area contributed by atoms with Gasteiger partial charge in [0.05, 0.1) is 16.2 Å². The summed E-state index contributed by atoms with van der Waals surface area (Å²) in [4.78, 5) is 10.3. The first-order valence-electron chi connectivity index (χ1n) is 7.22. The number of hydrogen-bond donors (Lipinski definition) is 1. The molecule has 0 amide bonds. The SMILES string of the molecule is CC(Nc1ccc([N+](=O)[O-])cc1C#N)C1CC2C=CC1C2. The normalized spacial score (nSPS) is 27.3. The quantitative estimate of drug-likeness (QED) is 0.521. The zero-order valence-electron chi connectivity index (χ0n) is 11.8. The van der Waals surface area contributed by atoms with E-state index in [9.17, 15) is 15.4 Å². The Balaban J connectivity index is 1.77. The van der Waals surface area contributed by atoms with Crippen LogP contribution in [0.5, 0.6) is 0 Å². The maximum atomic E-state index is 10.8. The minimum atomic E-state index is -0.477. The first-order valence-corrected chi connectivity index (χ1v) is 7.22. The number of nitriles is 1. The molecule has 2 bridgehead atoms. The van der Waals surface area contributed by atoms with Crippen LogP contribution < -0.4 is 5.32 Å². The zero-order valence-corrected chi connectivity index (χ0v) is 11.8. The lowest BCUT2D eigenvalue weighted by Gasteiger charge is -2.27. The highest BCUT2D eigenvalue weighted by atomic mass is 16.6. The molecule has 5 nitrogen and oxygen atoms in total. The minimum Gasteiger partial charge on any atom is -0.381 e. The molecule has 1 aromatic carbocycles. The van der Waals surface area contributed by atoms with Gasteiger partial charge in [0.25, 0.3) is 5.69 Å². The number of hydrogen-bond acceptors (Lipinski definition) is 4. The lowest BCUT2D eigenvalue weighted by molar-refractivity contribution is -0.384. The van der Waals surface area contributed by atoms with Crippen molar-refractivity contribution in [2.24, 2.45) is 17.8 Å². The van der Waals surface area contributed by atoms with Crippen LogP contribution in [0.2, 0.25) is 0 Å². The number of rotatable bonds is 4. The van der Waals surface area contributed by atoms with Crippen LogP contribution in [0.3, 0.4) is 0 Å². The van der Waals surface area contributed by atoms with Crippen molar-refractivity contribution in [1.29, 1.82) is 5.26 Å². The summed E-state index contributed by atoms with van der Waals surface area (Å²) in [5.74, 6) is 1.90. The molecule has 1 aromatic rings. The predicted octanol–water partition coefficient (Wildman–Crippen LogP) is 3.48. The van der Waals surface area contributed by atoms with Crippen LogP contribution in [0.4, 0.5) is 11.4 Å². The van der Waals surface area contributed by atoms with Crippen molar-refractivity contribution in [1.82, 2.24) is 0 Å². The van der Waals surface area contributed by atoms with Gasteiger partial charge in [-0.2, -0.15) is 5.26 Å². The molecule has 1 N–H and O–H groups in total. The maximum absolute atomic E-state index is 10.8. The highest BCUT2D eigenvalue weighted by molar-refractivity contribution is 5.61. The van der Waals surface area contributed by atoms with Gasteiger partial charge in [-0.3, -0.25) is 10.1 Å². The Bertz CT molecular complexity index is 647. The summed E-state index contributed by atoms with van der Waals surface area (Å²) >= 11 is 0. The number of nitro groups is 1. The van der Waals surface area contributed by atoms with Crippen molar-refractivity contribution in [2.45, 2.75) is 25.8 Å². The van der Waals surface area contributed by atoms with Gasteiger partial charge in [-0.05, 0) is 43.6 Å². The van der Waals surface area contributed by atoms with Crippen molar-refractivity contribution in [3.05, 3.63) is 46.0 Å². The van der Waals surface area contributed by atoms with E-state index in [4.69, 9.17) is 0 Å². The molecule has 2 aliphatic carbocycles. The monoisotopic (exact) mass is 283 g/mol. The topological polar surface area (TPSA) is 79.0 Å². The van der Waals surface area contributed by atoms with Crippen LogP contribution in [0, 0.1) is 39.2 Å². The van der Waals surface area contributed by atoms with E-state index in [-0.39, 0.29) is 11.7 Å². The molecule has 0 aliphatic heterocycles. The van der Waals surface area contributed by atoms with Crippen molar-refractivity contribution >= 4 is 11.4 Å². The van der Waals surface area contributed by atoms with Crippen molar-refractivity contribution in [3.8, 4) is 6.07 Å². The summed E-state index contributed by atoms with van der Waals surface area (Å²) in [6, 6.07) is 6.69. The fourth-order valence-electron chi connectivity index (χ4n) is 3.61. The summed E-state index contributed by atoms with van der Waals surface area (Å²) in [5.41, 5.74) is 0.963. The van der Waals surface area contributed by atoms with Crippen molar-refractivity contribution < 1.29 is 4.92 Å². The van der Waals surface area contributed by atoms with Crippen molar-refractivity contribution in [3.63, 3.8) is 0 Å². The second-order valence-corrected chi connectivity index (χ2v) is 5.98. The second-order valence-electron chi connectivity index (χ2n) is 5.98. The Morgan fingerprint density at radius 1 is 1.43 bits per heavy atom. The van der Waals surface area contributed by atoms with Crippen LogP contribution in [-0.4, -0.2) is 11.0 Å². The molecule has 0 spiro atoms. The molecule has 4 atom stereocenters. The van der Waals surface area contributed by atoms with Gasteiger partial charge in [-0.1, -0.05) is 12.2 Å². The number of nitrogens with zero attached hydrogens (tertiary/aromatic N) is 2. The van der Waals surface area contributed by atoms with Gasteiger partial charge < -0.3 is 5.32 Å². The Kier molecular flexibility index (Phi) is 3.38. The largest absolute Gasteiger partial charge is 0.381 e. The Morgan fingerprint density at radius 3 is 2.81 bits per heavy atom. The van der Waals surface area contributed by atoms with Gasteiger partial charge in [-0.15, -0.1) is 0 Å².